The molecule has 1 atom stereocenters. The van der Waals surface area contributed by atoms with Gasteiger partial charge in [-0.3, -0.25) is 4.79 Å². The largest absolute Gasteiger partial charge is 0.506 e. The van der Waals surface area contributed by atoms with Crippen molar-refractivity contribution in [2.75, 3.05) is 11.9 Å². The molecule has 0 fully saturated rings. The summed E-state index contributed by atoms with van der Waals surface area (Å²) in [6, 6.07) is 4.52. The van der Waals surface area contributed by atoms with Crippen LogP contribution in [0.15, 0.2) is 18.2 Å². The maximum atomic E-state index is 11.9. The highest BCUT2D eigenvalue weighted by Gasteiger charge is 2.30. The monoisotopic (exact) mass is 277 g/mol. The van der Waals surface area contributed by atoms with Gasteiger partial charge in [-0.15, -0.1) is 0 Å². The number of phenolic OH excluding ortho intramolecular Hbond substituents is 1. The summed E-state index contributed by atoms with van der Waals surface area (Å²) in [5.74, 6) is -0.924. The Morgan fingerprint density at radius 1 is 1.47 bits per heavy atom. The standard InChI is InChI=1S/C12H14F3NO3/c1-7-3-4-10(17)9(5-7)16-11(18)8(2)19-6-12(13,14)15/h3-5,8,17H,6H2,1-2H3,(H,16,18)/t8-/m1/s1. The van der Waals surface area contributed by atoms with Gasteiger partial charge >= 0.3 is 6.18 Å². The number of nitrogens with one attached hydrogen (secondary N) is 1. The molecule has 0 unspecified atom stereocenters. The van der Waals surface area contributed by atoms with Crippen molar-refractivity contribution in [1.29, 1.82) is 0 Å². The van der Waals surface area contributed by atoms with E-state index in [1.807, 2.05) is 0 Å². The lowest BCUT2D eigenvalue weighted by atomic mass is 10.2. The van der Waals surface area contributed by atoms with Crippen LogP contribution < -0.4 is 5.32 Å². The summed E-state index contributed by atoms with van der Waals surface area (Å²) < 4.78 is 40.2. The summed E-state index contributed by atoms with van der Waals surface area (Å²) in [7, 11) is 0. The molecule has 0 radical (unpaired) electrons. The Morgan fingerprint density at radius 3 is 2.68 bits per heavy atom. The minimum Gasteiger partial charge on any atom is -0.506 e. The molecule has 1 rings (SSSR count). The van der Waals surface area contributed by atoms with Gasteiger partial charge in [-0.1, -0.05) is 6.07 Å². The van der Waals surface area contributed by atoms with Crippen molar-refractivity contribution in [2.24, 2.45) is 0 Å². The zero-order valence-electron chi connectivity index (χ0n) is 10.4. The van der Waals surface area contributed by atoms with Crippen LogP contribution in [0.4, 0.5) is 18.9 Å². The molecular formula is C12H14F3NO3. The smallest absolute Gasteiger partial charge is 0.411 e. The van der Waals surface area contributed by atoms with E-state index in [0.29, 0.717) is 0 Å². The summed E-state index contributed by atoms with van der Waals surface area (Å²) in [5.41, 5.74) is 0.921. The highest BCUT2D eigenvalue weighted by Crippen LogP contribution is 2.24. The van der Waals surface area contributed by atoms with Gasteiger partial charge in [0.05, 0.1) is 5.69 Å². The molecule has 1 amide bonds. The number of hydrogen-bond acceptors (Lipinski definition) is 3. The van der Waals surface area contributed by atoms with Crippen LogP contribution in [0.5, 0.6) is 5.75 Å². The maximum absolute atomic E-state index is 11.9. The van der Waals surface area contributed by atoms with Crippen LogP contribution >= 0.6 is 0 Å². The molecule has 1 aromatic rings. The SMILES string of the molecule is Cc1ccc(O)c(NC(=O)[C@@H](C)OCC(F)(F)F)c1. The van der Waals surface area contributed by atoms with Crippen molar-refractivity contribution >= 4 is 11.6 Å². The third-order valence-electron chi connectivity index (χ3n) is 2.28. The fourth-order valence-corrected chi connectivity index (χ4v) is 1.28. The fraction of sp³-hybridized carbons (Fsp3) is 0.417. The van der Waals surface area contributed by atoms with E-state index in [1.165, 1.54) is 19.1 Å². The number of amides is 1. The van der Waals surface area contributed by atoms with Gasteiger partial charge in [-0.2, -0.15) is 13.2 Å². The average molecular weight is 277 g/mol. The average Bonchev–Trinajstić information content (AvgIpc) is 2.29. The Balaban J connectivity index is 2.61. The van der Waals surface area contributed by atoms with Gasteiger partial charge in [0.1, 0.15) is 18.5 Å². The number of ether oxygens (including phenoxy) is 1. The van der Waals surface area contributed by atoms with E-state index in [2.05, 4.69) is 10.1 Å². The third-order valence-corrected chi connectivity index (χ3v) is 2.28. The number of aryl methyl sites for hydroxylation is 1. The van der Waals surface area contributed by atoms with Crippen molar-refractivity contribution in [3.63, 3.8) is 0 Å². The van der Waals surface area contributed by atoms with E-state index in [0.717, 1.165) is 5.56 Å². The lowest BCUT2D eigenvalue weighted by molar-refractivity contribution is -0.184. The van der Waals surface area contributed by atoms with E-state index in [9.17, 15) is 23.1 Å². The molecule has 0 aromatic heterocycles. The van der Waals surface area contributed by atoms with E-state index in [1.54, 1.807) is 13.0 Å². The van der Waals surface area contributed by atoms with E-state index in [-0.39, 0.29) is 11.4 Å². The van der Waals surface area contributed by atoms with Crippen LogP contribution in [0.2, 0.25) is 0 Å². The molecule has 2 N–H and O–H groups in total. The molecule has 0 aliphatic heterocycles. The molecule has 0 aliphatic carbocycles. The Kier molecular flexibility index (Phi) is 4.77. The molecule has 106 valence electrons. The van der Waals surface area contributed by atoms with Crippen molar-refractivity contribution in [3.8, 4) is 5.75 Å². The number of aromatic hydroxyl groups is 1. The van der Waals surface area contributed by atoms with Crippen LogP contribution in [0.25, 0.3) is 0 Å². The number of benzene rings is 1. The Morgan fingerprint density at radius 2 is 2.11 bits per heavy atom. The van der Waals surface area contributed by atoms with Gasteiger partial charge in [-0.05, 0) is 31.5 Å². The van der Waals surface area contributed by atoms with Gasteiger partial charge in [0.2, 0.25) is 0 Å². The van der Waals surface area contributed by atoms with Crippen molar-refractivity contribution in [1.82, 2.24) is 0 Å². The van der Waals surface area contributed by atoms with E-state index < -0.39 is 24.8 Å². The number of halogens is 3. The van der Waals surface area contributed by atoms with Gasteiger partial charge in [0.15, 0.2) is 0 Å². The second-order valence-corrected chi connectivity index (χ2v) is 4.08. The lowest BCUT2D eigenvalue weighted by Crippen LogP contribution is -2.31. The summed E-state index contributed by atoms with van der Waals surface area (Å²) in [4.78, 5) is 11.6. The maximum Gasteiger partial charge on any atom is 0.411 e. The second kappa shape index (κ2) is 5.92. The molecule has 0 aliphatic rings. The van der Waals surface area contributed by atoms with Crippen LogP contribution in [0.3, 0.4) is 0 Å². The number of rotatable bonds is 4. The van der Waals surface area contributed by atoms with E-state index >= 15 is 0 Å². The van der Waals surface area contributed by atoms with E-state index in [4.69, 9.17) is 0 Å². The minimum absolute atomic E-state index is 0.132. The molecule has 0 heterocycles. The molecule has 19 heavy (non-hydrogen) atoms. The predicted molar refractivity (Wildman–Crippen MR) is 62.9 cm³/mol. The number of anilines is 1. The summed E-state index contributed by atoms with van der Waals surface area (Å²) in [5, 5.41) is 11.8. The van der Waals surface area contributed by atoms with Gasteiger partial charge in [0.25, 0.3) is 5.91 Å². The lowest BCUT2D eigenvalue weighted by Gasteiger charge is -2.15. The number of phenols is 1. The first-order valence-corrected chi connectivity index (χ1v) is 5.48. The first-order chi connectivity index (χ1) is 8.69. The molecule has 4 nitrogen and oxygen atoms in total. The Bertz CT molecular complexity index is 460. The molecule has 0 spiro atoms. The zero-order valence-corrected chi connectivity index (χ0v) is 10.4. The number of carbonyl (C=O) groups excluding carboxylic acids is 1. The highest BCUT2D eigenvalue weighted by molar-refractivity contribution is 5.95. The van der Waals surface area contributed by atoms with Crippen molar-refractivity contribution in [3.05, 3.63) is 23.8 Å². The molecule has 1 aromatic carbocycles. The molecule has 0 bridgehead atoms. The number of carbonyl (C=O) groups is 1. The molecule has 0 saturated carbocycles. The quantitative estimate of drug-likeness (QED) is 0.832. The van der Waals surface area contributed by atoms with Crippen LogP contribution in [-0.4, -0.2) is 29.9 Å². The highest BCUT2D eigenvalue weighted by atomic mass is 19.4. The summed E-state index contributed by atoms with van der Waals surface area (Å²) in [6.45, 7) is 1.45. The fourth-order valence-electron chi connectivity index (χ4n) is 1.28. The van der Waals surface area contributed by atoms with Gasteiger partial charge in [-0.25, -0.2) is 0 Å². The normalized spacial score (nSPS) is 13.1. The molecule has 7 heteroatoms. The number of alkyl halides is 3. The first-order valence-electron chi connectivity index (χ1n) is 5.48. The van der Waals surface area contributed by atoms with Crippen LogP contribution in [0.1, 0.15) is 12.5 Å². The first kappa shape index (κ1) is 15.3. The second-order valence-electron chi connectivity index (χ2n) is 4.08. The van der Waals surface area contributed by atoms with Crippen molar-refractivity contribution < 1.29 is 27.8 Å². The van der Waals surface area contributed by atoms with Crippen LogP contribution in [-0.2, 0) is 9.53 Å². The minimum atomic E-state index is -4.49. The summed E-state index contributed by atoms with van der Waals surface area (Å²) >= 11 is 0. The molecular weight excluding hydrogens is 263 g/mol. The predicted octanol–water partition coefficient (Wildman–Crippen LogP) is 2.61. The van der Waals surface area contributed by atoms with Crippen molar-refractivity contribution in [2.45, 2.75) is 26.1 Å². The topological polar surface area (TPSA) is 58.6 Å². The van der Waals surface area contributed by atoms with Crippen LogP contribution in [0, 0.1) is 6.92 Å². The zero-order chi connectivity index (χ0) is 14.6. The Hall–Kier alpha value is -1.76. The van der Waals surface area contributed by atoms with Gasteiger partial charge < -0.3 is 15.2 Å². The number of hydrogen-bond donors (Lipinski definition) is 2. The third kappa shape index (κ3) is 5.17. The molecule has 0 saturated heterocycles. The van der Waals surface area contributed by atoms with Gasteiger partial charge in [0, 0.05) is 0 Å². The Labute approximate surface area is 108 Å². The summed E-state index contributed by atoms with van der Waals surface area (Å²) in [6.07, 6.45) is -5.76.